The molecule has 0 saturated carbocycles. The van der Waals surface area contributed by atoms with Crippen LogP contribution >= 0.6 is 0 Å². The van der Waals surface area contributed by atoms with Gasteiger partial charge in [0.1, 0.15) is 5.82 Å². The summed E-state index contributed by atoms with van der Waals surface area (Å²) < 4.78 is 1.52. The Balaban J connectivity index is 1.70. The normalized spacial score (nSPS) is 11.5. The van der Waals surface area contributed by atoms with Crippen molar-refractivity contribution in [2.75, 3.05) is 11.9 Å². The monoisotopic (exact) mass is 482 g/mol. The molecule has 36 heavy (non-hydrogen) atoms. The fourth-order valence-corrected chi connectivity index (χ4v) is 3.98. The molecule has 4 aromatic rings. The first kappa shape index (κ1) is 24.4. The number of carbonyl (C=O) groups excluding carboxylic acids is 2. The van der Waals surface area contributed by atoms with Crippen LogP contribution in [0.25, 0.3) is 5.69 Å². The molecule has 8 heteroatoms. The van der Waals surface area contributed by atoms with Gasteiger partial charge in [0.2, 0.25) is 0 Å². The summed E-state index contributed by atoms with van der Waals surface area (Å²) >= 11 is 0. The van der Waals surface area contributed by atoms with Crippen LogP contribution in [0.3, 0.4) is 0 Å². The molecule has 0 unspecified atom stereocenters. The SMILES string of the molecule is Cc1ccccc1[C@H](CC(=O)O)NC(=O)c1cc(N(C)C(=O)c2ccccc2)n(-c2ccccc2)n1. The van der Waals surface area contributed by atoms with E-state index >= 15 is 0 Å². The smallest absolute Gasteiger partial charge is 0.305 e. The second-order valence-corrected chi connectivity index (χ2v) is 8.35. The predicted octanol–water partition coefficient (Wildman–Crippen LogP) is 4.40. The van der Waals surface area contributed by atoms with Gasteiger partial charge in [0.25, 0.3) is 11.8 Å². The molecule has 8 nitrogen and oxygen atoms in total. The third-order valence-corrected chi connectivity index (χ3v) is 5.84. The molecule has 0 fully saturated rings. The lowest BCUT2D eigenvalue weighted by atomic mass is 9.98. The van der Waals surface area contributed by atoms with Crippen molar-refractivity contribution < 1.29 is 19.5 Å². The van der Waals surface area contributed by atoms with Crippen molar-refractivity contribution in [2.24, 2.45) is 0 Å². The van der Waals surface area contributed by atoms with Crippen molar-refractivity contribution in [3.8, 4) is 5.69 Å². The second kappa shape index (κ2) is 10.7. The highest BCUT2D eigenvalue weighted by molar-refractivity contribution is 6.06. The van der Waals surface area contributed by atoms with Crippen molar-refractivity contribution >= 4 is 23.6 Å². The molecule has 0 bridgehead atoms. The molecule has 4 rings (SSSR count). The van der Waals surface area contributed by atoms with Crippen LogP contribution in [-0.2, 0) is 4.79 Å². The first-order chi connectivity index (χ1) is 17.3. The number of aromatic nitrogens is 2. The number of amides is 2. The highest BCUT2D eigenvalue weighted by Gasteiger charge is 2.25. The van der Waals surface area contributed by atoms with E-state index in [2.05, 4.69) is 10.4 Å². The summed E-state index contributed by atoms with van der Waals surface area (Å²) in [5, 5.41) is 16.7. The third-order valence-electron chi connectivity index (χ3n) is 5.84. The zero-order valence-electron chi connectivity index (χ0n) is 20.0. The van der Waals surface area contributed by atoms with Gasteiger partial charge in [0, 0.05) is 18.7 Å². The fourth-order valence-electron chi connectivity index (χ4n) is 3.98. The minimum atomic E-state index is -1.03. The number of hydrogen-bond donors (Lipinski definition) is 2. The summed E-state index contributed by atoms with van der Waals surface area (Å²) in [6, 6.07) is 26.1. The van der Waals surface area contributed by atoms with Gasteiger partial charge in [-0.1, -0.05) is 60.7 Å². The Kier molecular flexibility index (Phi) is 7.25. The van der Waals surface area contributed by atoms with Crippen molar-refractivity contribution in [3.63, 3.8) is 0 Å². The lowest BCUT2D eigenvalue weighted by Crippen LogP contribution is -2.31. The molecule has 0 aliphatic carbocycles. The van der Waals surface area contributed by atoms with Crippen LogP contribution in [0.2, 0.25) is 0 Å². The van der Waals surface area contributed by atoms with E-state index in [9.17, 15) is 19.5 Å². The minimum Gasteiger partial charge on any atom is -0.481 e. The van der Waals surface area contributed by atoms with Crippen LogP contribution in [0, 0.1) is 6.92 Å². The predicted molar refractivity (Wildman–Crippen MR) is 136 cm³/mol. The Labute approximate surface area is 208 Å². The summed E-state index contributed by atoms with van der Waals surface area (Å²) in [5.41, 5.74) is 2.80. The van der Waals surface area contributed by atoms with E-state index in [1.807, 2.05) is 55.5 Å². The highest BCUT2D eigenvalue weighted by atomic mass is 16.4. The molecule has 0 aliphatic heterocycles. The molecular weight excluding hydrogens is 456 g/mol. The van der Waals surface area contributed by atoms with Gasteiger partial charge in [0.05, 0.1) is 18.2 Å². The van der Waals surface area contributed by atoms with E-state index in [1.165, 1.54) is 15.6 Å². The van der Waals surface area contributed by atoms with Gasteiger partial charge in [-0.25, -0.2) is 4.68 Å². The van der Waals surface area contributed by atoms with Crippen LogP contribution in [0.4, 0.5) is 5.82 Å². The maximum absolute atomic E-state index is 13.3. The number of nitrogens with zero attached hydrogens (tertiary/aromatic N) is 3. The molecule has 2 N–H and O–H groups in total. The first-order valence-electron chi connectivity index (χ1n) is 11.4. The molecule has 1 atom stereocenters. The zero-order chi connectivity index (χ0) is 25.7. The maximum Gasteiger partial charge on any atom is 0.305 e. The molecule has 182 valence electrons. The van der Waals surface area contributed by atoms with E-state index in [-0.39, 0.29) is 18.0 Å². The number of aryl methyl sites for hydroxylation is 1. The molecule has 0 saturated heterocycles. The number of carboxylic acids is 1. The number of benzene rings is 3. The van der Waals surface area contributed by atoms with E-state index in [0.717, 1.165) is 5.56 Å². The van der Waals surface area contributed by atoms with E-state index in [1.54, 1.807) is 43.4 Å². The lowest BCUT2D eigenvalue weighted by Gasteiger charge is -2.19. The average molecular weight is 483 g/mol. The van der Waals surface area contributed by atoms with Crippen molar-refractivity contribution in [1.29, 1.82) is 0 Å². The number of carboxylic acid groups (broad SMARTS) is 1. The van der Waals surface area contributed by atoms with Gasteiger partial charge in [-0.15, -0.1) is 0 Å². The van der Waals surface area contributed by atoms with Crippen LogP contribution in [0.1, 0.15) is 44.4 Å². The molecule has 1 heterocycles. The van der Waals surface area contributed by atoms with Gasteiger partial charge in [0.15, 0.2) is 5.69 Å². The maximum atomic E-state index is 13.3. The van der Waals surface area contributed by atoms with Gasteiger partial charge in [-0.2, -0.15) is 5.10 Å². The van der Waals surface area contributed by atoms with Crippen molar-refractivity contribution in [3.05, 3.63) is 113 Å². The van der Waals surface area contributed by atoms with Crippen LogP contribution in [0.15, 0.2) is 91.0 Å². The second-order valence-electron chi connectivity index (χ2n) is 8.35. The van der Waals surface area contributed by atoms with Crippen molar-refractivity contribution in [2.45, 2.75) is 19.4 Å². The summed E-state index contributed by atoms with van der Waals surface area (Å²) in [5.74, 6) is -1.44. The average Bonchev–Trinajstić information content (AvgIpc) is 3.34. The molecule has 1 aromatic heterocycles. The Bertz CT molecular complexity index is 1380. The Morgan fingerprint density at radius 2 is 1.56 bits per heavy atom. The third kappa shape index (κ3) is 5.33. The Morgan fingerprint density at radius 1 is 0.944 bits per heavy atom. The molecular formula is C28H26N4O4. The Morgan fingerprint density at radius 3 is 2.19 bits per heavy atom. The topological polar surface area (TPSA) is 105 Å². The number of carbonyl (C=O) groups is 3. The molecule has 2 amide bonds. The van der Waals surface area contributed by atoms with E-state index in [0.29, 0.717) is 22.6 Å². The van der Waals surface area contributed by atoms with Crippen LogP contribution in [-0.4, -0.2) is 39.7 Å². The molecule has 0 aliphatic rings. The number of nitrogens with one attached hydrogen (secondary N) is 1. The number of aliphatic carboxylic acids is 1. The largest absolute Gasteiger partial charge is 0.481 e. The standard InChI is InChI=1S/C28H26N4O4/c1-19-11-9-10-16-22(19)23(18-26(33)34)29-27(35)24-17-25(32(30-24)21-14-7-4-8-15-21)31(2)28(36)20-12-5-3-6-13-20/h3-17,23H,18H2,1-2H3,(H,29,35)(H,33,34)/t23-/m0/s1. The minimum absolute atomic E-state index is 0.0607. The van der Waals surface area contributed by atoms with Gasteiger partial charge >= 0.3 is 5.97 Å². The van der Waals surface area contributed by atoms with Crippen molar-refractivity contribution in [1.82, 2.24) is 15.1 Å². The highest BCUT2D eigenvalue weighted by Crippen LogP contribution is 2.25. The molecule has 0 radical (unpaired) electrons. The zero-order valence-corrected chi connectivity index (χ0v) is 20.0. The fraction of sp³-hybridized carbons (Fsp3) is 0.143. The van der Waals surface area contributed by atoms with Gasteiger partial charge in [-0.05, 0) is 42.3 Å². The number of para-hydroxylation sites is 1. The molecule has 3 aromatic carbocycles. The quantitative estimate of drug-likeness (QED) is 0.387. The van der Waals surface area contributed by atoms with E-state index < -0.39 is 17.9 Å². The lowest BCUT2D eigenvalue weighted by molar-refractivity contribution is -0.137. The number of rotatable bonds is 8. The summed E-state index contributed by atoms with van der Waals surface area (Å²) in [6.45, 7) is 1.86. The van der Waals surface area contributed by atoms with Crippen LogP contribution in [0.5, 0.6) is 0 Å². The number of anilines is 1. The summed E-state index contributed by atoms with van der Waals surface area (Å²) in [4.78, 5) is 39.4. The van der Waals surface area contributed by atoms with Gasteiger partial charge in [-0.3, -0.25) is 19.3 Å². The van der Waals surface area contributed by atoms with E-state index in [4.69, 9.17) is 0 Å². The summed E-state index contributed by atoms with van der Waals surface area (Å²) in [6.07, 6.45) is -0.282. The van der Waals surface area contributed by atoms with Gasteiger partial charge < -0.3 is 10.4 Å². The van der Waals surface area contributed by atoms with Crippen LogP contribution < -0.4 is 10.2 Å². The molecule has 0 spiro atoms. The Hall–Kier alpha value is -4.72. The summed E-state index contributed by atoms with van der Waals surface area (Å²) in [7, 11) is 1.62. The first-order valence-corrected chi connectivity index (χ1v) is 11.4. The number of hydrogen-bond acceptors (Lipinski definition) is 4.